The Bertz CT molecular complexity index is 2130. The molecule has 0 radical (unpaired) electrons. The maximum Gasteiger partial charge on any atom is 0.424 e. The molecule has 15 nitrogen and oxygen atoms in total. The Hall–Kier alpha value is -4.27. The fourth-order valence-electron chi connectivity index (χ4n) is 10.1. The van der Waals surface area contributed by atoms with Crippen molar-refractivity contribution in [1.29, 1.82) is 0 Å². The van der Waals surface area contributed by atoms with Crippen LogP contribution in [0.25, 0.3) is 0 Å². The van der Waals surface area contributed by atoms with Gasteiger partial charge in [0.2, 0.25) is 5.60 Å². The molecule has 2 saturated heterocycles. The molecule has 5 rings (SSSR count). The third kappa shape index (κ3) is 12.5. The van der Waals surface area contributed by atoms with Crippen molar-refractivity contribution in [2.75, 3.05) is 28.3 Å². The lowest BCUT2D eigenvalue weighted by molar-refractivity contribution is -0.318. The first-order valence-electron chi connectivity index (χ1n) is 23.9. The van der Waals surface area contributed by atoms with Gasteiger partial charge >= 0.3 is 24.1 Å². The molecule has 0 aliphatic carbocycles. The number of methoxy groups -OCH3 is 2. The molecule has 2 unspecified atom stereocenters. The number of alkyl halides is 3. The molecule has 3 aliphatic heterocycles. The van der Waals surface area contributed by atoms with E-state index in [-0.39, 0.29) is 18.4 Å². The van der Waals surface area contributed by atoms with E-state index in [0.29, 0.717) is 18.1 Å². The topological polar surface area (TPSA) is 175 Å². The minimum atomic E-state index is -5.39. The number of benzene rings is 2. The van der Waals surface area contributed by atoms with Gasteiger partial charge in [0.25, 0.3) is 0 Å². The molecular weight excluding hydrogens is 920 g/mol. The SMILES string of the molecule is CC[C@H]1OC(=O)[C@H](C)[C@@H](OC2C[C@@](C)(OC)[C@@H](OC(=O)c3ccccc3)[C@H](C)O2)[C@H](C)[C@@H](OC2O[C@H](C)C[C@H](N(C)C)[C@H]2OC(=O)c2ccccc2)[C@@](C)(OC)C[C@@H](C)C(=O)/C(C)=C/[C@@]1(O)C(F)(F)F. The number of carbonyl (C=O) groups excluding carboxylic acids is 4. The zero-order valence-corrected chi connectivity index (χ0v) is 42.5. The number of halogens is 3. The van der Waals surface area contributed by atoms with Gasteiger partial charge in [-0.2, -0.15) is 13.2 Å². The molecule has 1 N–H and O–H groups in total. The van der Waals surface area contributed by atoms with Crippen LogP contribution in [0.2, 0.25) is 0 Å². The molecule has 18 heteroatoms. The smallest absolute Gasteiger partial charge is 0.424 e. The summed E-state index contributed by atoms with van der Waals surface area (Å²) in [5, 5.41) is 11.5. The van der Waals surface area contributed by atoms with E-state index in [0.717, 1.165) is 0 Å². The fourth-order valence-corrected chi connectivity index (χ4v) is 10.1. The van der Waals surface area contributed by atoms with Crippen LogP contribution in [0.3, 0.4) is 0 Å². The number of allylic oxidation sites excluding steroid dienone is 1. The summed E-state index contributed by atoms with van der Waals surface area (Å²) in [5.41, 5.74) is -6.39. The maximum absolute atomic E-state index is 15.1. The number of rotatable bonds is 12. The van der Waals surface area contributed by atoms with Crippen LogP contribution >= 0.6 is 0 Å². The number of likely N-dealkylation sites (N-methyl/N-ethyl adjacent to an activating group) is 1. The molecule has 0 amide bonds. The van der Waals surface area contributed by atoms with Crippen LogP contribution in [0.1, 0.15) is 109 Å². The zero-order chi connectivity index (χ0) is 52.1. The number of hydrogen-bond donors (Lipinski definition) is 1. The molecule has 390 valence electrons. The standard InChI is InChI=1S/C52H72F3NO14/c1-14-38-51(61,52(53,54)55)27-30(3)40(57)29(2)26-49(8,62-12)43(70-48-42(37(56(10)11)25-31(4)64-48)68-46(59)35-21-17-15-18-22-35)32(5)41(33(6)45(58)66-38)67-39-28-50(9,63-13)44(34(7)65-39)69-47(60)36-23-19-16-20-24-36/h15-24,27,29,31-34,37-39,41-44,48,61H,14,25-26,28H2,1-13H3/b30-27+/t29-,31-,32+,33-,34+,37+,38-,39?,41+,42-,43-,44+,48?,49+,50-,51+/m1/s1. The molecule has 3 heterocycles. The van der Waals surface area contributed by atoms with Crippen molar-refractivity contribution in [3.05, 3.63) is 83.4 Å². The molecule has 0 aromatic heterocycles. The van der Waals surface area contributed by atoms with Gasteiger partial charge in [0.05, 0.1) is 53.1 Å². The zero-order valence-electron chi connectivity index (χ0n) is 42.5. The maximum atomic E-state index is 15.1. The number of cyclic esters (lactones) is 1. The van der Waals surface area contributed by atoms with Crippen LogP contribution in [0.5, 0.6) is 0 Å². The van der Waals surface area contributed by atoms with E-state index in [1.54, 1.807) is 88.4 Å². The van der Waals surface area contributed by atoms with Crippen molar-refractivity contribution in [2.45, 2.75) is 172 Å². The lowest BCUT2D eigenvalue weighted by Gasteiger charge is -2.50. The normalized spacial score (nSPS) is 37.9. The summed E-state index contributed by atoms with van der Waals surface area (Å²) < 4.78 is 102. The summed E-state index contributed by atoms with van der Waals surface area (Å²) in [6.45, 7) is 14.0. The summed E-state index contributed by atoms with van der Waals surface area (Å²) in [6, 6.07) is 16.3. The minimum absolute atomic E-state index is 0.0784. The number of ketones is 1. The minimum Gasteiger partial charge on any atom is -0.458 e. The Balaban J connectivity index is 1.66. The Morgan fingerprint density at radius 1 is 0.800 bits per heavy atom. The third-order valence-corrected chi connectivity index (χ3v) is 14.3. The predicted octanol–water partition coefficient (Wildman–Crippen LogP) is 7.66. The van der Waals surface area contributed by atoms with E-state index < -0.39 is 138 Å². The summed E-state index contributed by atoms with van der Waals surface area (Å²) >= 11 is 0. The van der Waals surface area contributed by atoms with E-state index in [1.807, 2.05) is 25.9 Å². The highest BCUT2D eigenvalue weighted by atomic mass is 19.4. The Morgan fingerprint density at radius 3 is 1.86 bits per heavy atom. The second-order valence-electron chi connectivity index (χ2n) is 19.8. The molecule has 2 aromatic rings. The van der Waals surface area contributed by atoms with Crippen LogP contribution in [0.4, 0.5) is 13.2 Å². The fraction of sp³-hybridized carbons (Fsp3) is 0.654. The monoisotopic (exact) mass is 991 g/mol. The number of ether oxygens (including phenoxy) is 9. The van der Waals surface area contributed by atoms with Crippen LogP contribution in [-0.4, -0.2) is 146 Å². The van der Waals surface area contributed by atoms with Crippen LogP contribution < -0.4 is 0 Å². The highest BCUT2D eigenvalue weighted by Gasteiger charge is 2.60. The van der Waals surface area contributed by atoms with Crippen molar-refractivity contribution in [1.82, 2.24) is 4.90 Å². The Labute approximate surface area is 409 Å². The molecule has 0 bridgehead atoms. The van der Waals surface area contributed by atoms with E-state index in [9.17, 15) is 24.3 Å². The van der Waals surface area contributed by atoms with Crippen molar-refractivity contribution >= 4 is 23.7 Å². The van der Waals surface area contributed by atoms with Gasteiger partial charge in [-0.15, -0.1) is 0 Å². The summed E-state index contributed by atoms with van der Waals surface area (Å²) in [7, 11) is 6.50. The van der Waals surface area contributed by atoms with Crippen molar-refractivity contribution in [3.8, 4) is 0 Å². The molecule has 2 fully saturated rings. The highest BCUT2D eigenvalue weighted by molar-refractivity contribution is 5.96. The number of hydrogen-bond acceptors (Lipinski definition) is 15. The van der Waals surface area contributed by atoms with Crippen molar-refractivity contribution in [2.24, 2.45) is 17.8 Å². The second kappa shape index (κ2) is 23.1. The average molecular weight is 992 g/mol. The molecule has 16 atom stereocenters. The number of esters is 3. The number of nitrogens with zero attached hydrogens (tertiary/aromatic N) is 1. The van der Waals surface area contributed by atoms with E-state index in [4.69, 9.17) is 42.6 Å². The highest BCUT2D eigenvalue weighted by Crippen LogP contribution is 2.44. The van der Waals surface area contributed by atoms with E-state index >= 15 is 13.2 Å². The van der Waals surface area contributed by atoms with Gasteiger partial charge in [-0.25, -0.2) is 9.59 Å². The van der Waals surface area contributed by atoms with Gasteiger partial charge in [-0.05, 0) is 111 Å². The van der Waals surface area contributed by atoms with Crippen LogP contribution in [0, 0.1) is 17.8 Å². The average Bonchev–Trinajstić information content (AvgIpc) is 3.32. The molecular formula is C52H72F3NO14. The van der Waals surface area contributed by atoms with Crippen molar-refractivity contribution < 1.29 is 80.1 Å². The van der Waals surface area contributed by atoms with Gasteiger partial charge < -0.3 is 52.6 Å². The van der Waals surface area contributed by atoms with Gasteiger partial charge in [0.1, 0.15) is 11.7 Å². The lowest BCUT2D eigenvalue weighted by Crippen LogP contribution is -2.62. The summed E-state index contributed by atoms with van der Waals surface area (Å²) in [5.74, 6) is -6.68. The first kappa shape index (κ1) is 56.6. The first-order valence-corrected chi connectivity index (χ1v) is 23.9. The summed E-state index contributed by atoms with van der Waals surface area (Å²) in [6.07, 6.45) is -15.9. The predicted molar refractivity (Wildman–Crippen MR) is 249 cm³/mol. The van der Waals surface area contributed by atoms with Gasteiger partial charge in [0.15, 0.2) is 30.6 Å². The van der Waals surface area contributed by atoms with E-state index in [1.165, 1.54) is 41.9 Å². The Morgan fingerprint density at radius 2 is 1.34 bits per heavy atom. The Kier molecular flexibility index (Phi) is 18.7. The molecule has 3 aliphatic rings. The van der Waals surface area contributed by atoms with Crippen LogP contribution in [0.15, 0.2) is 72.3 Å². The number of aliphatic hydroxyl groups is 1. The second-order valence-corrected chi connectivity index (χ2v) is 19.8. The third-order valence-electron chi connectivity index (χ3n) is 14.3. The van der Waals surface area contributed by atoms with Gasteiger partial charge in [-0.1, -0.05) is 57.2 Å². The van der Waals surface area contributed by atoms with Crippen molar-refractivity contribution in [3.63, 3.8) is 0 Å². The molecule has 0 saturated carbocycles. The van der Waals surface area contributed by atoms with Crippen LogP contribution in [-0.2, 0) is 52.2 Å². The largest absolute Gasteiger partial charge is 0.458 e. The van der Waals surface area contributed by atoms with E-state index in [2.05, 4.69) is 0 Å². The number of Topliss-reactive ketones (excluding diaryl/α,β-unsaturated/α-hetero) is 1. The quantitative estimate of drug-likeness (QED) is 0.162. The molecule has 2 aromatic carbocycles. The van der Waals surface area contributed by atoms with Gasteiger partial charge in [0, 0.05) is 32.5 Å². The lowest BCUT2D eigenvalue weighted by atomic mass is 9.76. The van der Waals surface area contributed by atoms with Gasteiger partial charge in [-0.3, -0.25) is 9.59 Å². The summed E-state index contributed by atoms with van der Waals surface area (Å²) in [4.78, 5) is 57.8. The first-order chi connectivity index (χ1) is 32.7. The molecule has 70 heavy (non-hydrogen) atoms. The number of carbonyl (C=O) groups is 4. The molecule has 0 spiro atoms.